The van der Waals surface area contributed by atoms with E-state index in [4.69, 9.17) is 25.4 Å². The molecular formula is C25H38N6O3. The van der Waals surface area contributed by atoms with Gasteiger partial charge in [0.15, 0.2) is 0 Å². The van der Waals surface area contributed by atoms with E-state index in [-0.39, 0.29) is 0 Å². The molecule has 0 spiro atoms. The summed E-state index contributed by atoms with van der Waals surface area (Å²) >= 11 is 0. The van der Waals surface area contributed by atoms with E-state index in [0.29, 0.717) is 18.3 Å². The number of benzene rings is 1. The summed E-state index contributed by atoms with van der Waals surface area (Å²) in [5, 5.41) is 7.22. The number of anilines is 3. The average Bonchev–Trinajstić information content (AvgIpc) is 2.85. The monoisotopic (exact) mass is 470 g/mol. The predicted molar refractivity (Wildman–Crippen MR) is 138 cm³/mol. The topological polar surface area (TPSA) is 100 Å². The summed E-state index contributed by atoms with van der Waals surface area (Å²) in [6, 6.07) is 9.96. The maximum Gasteiger partial charge on any atom is 0.217 e. The van der Waals surface area contributed by atoms with Crippen molar-refractivity contribution in [1.82, 2.24) is 9.88 Å². The molecule has 3 N–H and O–H groups in total. The number of hydrogen-bond acceptors (Lipinski definition) is 9. The first-order valence-electron chi connectivity index (χ1n) is 11.8. The number of pyridine rings is 1. The molecule has 3 heterocycles. The molecule has 34 heavy (non-hydrogen) atoms. The van der Waals surface area contributed by atoms with Crippen molar-refractivity contribution in [1.29, 1.82) is 5.41 Å². The van der Waals surface area contributed by atoms with Crippen LogP contribution in [0.4, 0.5) is 17.2 Å². The molecule has 0 atom stereocenters. The Morgan fingerprint density at radius 2 is 1.74 bits per heavy atom. The molecule has 0 radical (unpaired) electrons. The fourth-order valence-electron chi connectivity index (χ4n) is 3.89. The van der Waals surface area contributed by atoms with E-state index in [1.807, 2.05) is 50.2 Å². The number of hydrogen-bond donors (Lipinski definition) is 2. The van der Waals surface area contributed by atoms with Gasteiger partial charge < -0.3 is 35.2 Å². The van der Waals surface area contributed by atoms with Crippen LogP contribution in [0.1, 0.15) is 11.1 Å². The molecular weight excluding hydrogens is 432 g/mol. The maximum atomic E-state index is 7.22. The molecule has 4 rings (SSSR count). The second-order valence-electron chi connectivity index (χ2n) is 8.59. The van der Waals surface area contributed by atoms with E-state index in [1.54, 1.807) is 0 Å². The van der Waals surface area contributed by atoms with Crippen LogP contribution in [0.5, 0.6) is 5.88 Å². The molecule has 186 valence electrons. The Morgan fingerprint density at radius 1 is 1.06 bits per heavy atom. The van der Waals surface area contributed by atoms with Crippen LogP contribution in [0.2, 0.25) is 0 Å². The lowest BCUT2D eigenvalue weighted by Crippen LogP contribution is -2.38. The standard InChI is InChI=1S/C15H24N4O3.C10H14N2/c16-14-11-13(19-4-8-21-9-5-19)12-15(17-14)22-10-3-18-1-6-20-7-2-18;1-8-4-5-10(12(2)3)9(6-8)7-11/h11-12H,1-10H2,(H2,16,17);4-7,11H,1-3H3. The molecule has 1 aromatic carbocycles. The van der Waals surface area contributed by atoms with Crippen molar-refractivity contribution in [2.75, 3.05) is 95.4 Å². The van der Waals surface area contributed by atoms with Gasteiger partial charge in [0.25, 0.3) is 0 Å². The Morgan fingerprint density at radius 3 is 2.38 bits per heavy atom. The number of morpholine rings is 2. The van der Waals surface area contributed by atoms with Crippen LogP contribution in [0.25, 0.3) is 0 Å². The molecule has 0 unspecified atom stereocenters. The Labute approximate surface area is 202 Å². The third kappa shape index (κ3) is 7.86. The quantitative estimate of drug-likeness (QED) is 0.595. The zero-order chi connectivity index (χ0) is 24.3. The summed E-state index contributed by atoms with van der Waals surface area (Å²) in [4.78, 5) is 10.9. The molecule has 2 saturated heterocycles. The van der Waals surface area contributed by atoms with E-state index < -0.39 is 0 Å². The highest BCUT2D eigenvalue weighted by Crippen LogP contribution is 2.23. The molecule has 9 heteroatoms. The lowest BCUT2D eigenvalue weighted by Gasteiger charge is -2.29. The summed E-state index contributed by atoms with van der Waals surface area (Å²) in [5.41, 5.74) is 10.2. The Bertz CT molecular complexity index is 912. The van der Waals surface area contributed by atoms with Gasteiger partial charge in [-0.25, -0.2) is 0 Å². The number of nitrogen functional groups attached to an aromatic ring is 1. The van der Waals surface area contributed by atoms with Crippen LogP contribution >= 0.6 is 0 Å². The summed E-state index contributed by atoms with van der Waals surface area (Å²) in [5.74, 6) is 1.08. The van der Waals surface area contributed by atoms with Gasteiger partial charge in [-0.05, 0) is 19.1 Å². The number of nitrogens with zero attached hydrogens (tertiary/aromatic N) is 4. The van der Waals surface area contributed by atoms with Crippen molar-refractivity contribution in [3.63, 3.8) is 0 Å². The van der Waals surface area contributed by atoms with Crippen LogP contribution in [0.3, 0.4) is 0 Å². The van der Waals surface area contributed by atoms with E-state index in [9.17, 15) is 0 Å². The number of aromatic nitrogens is 1. The molecule has 0 saturated carbocycles. The van der Waals surface area contributed by atoms with Crippen LogP contribution in [-0.2, 0) is 9.47 Å². The Balaban J connectivity index is 0.000000229. The minimum Gasteiger partial charge on any atom is -0.476 e. The van der Waals surface area contributed by atoms with Gasteiger partial charge in [0.1, 0.15) is 12.4 Å². The van der Waals surface area contributed by atoms with Crippen LogP contribution in [-0.4, -0.2) is 96.0 Å². The van der Waals surface area contributed by atoms with Crippen molar-refractivity contribution in [2.45, 2.75) is 6.92 Å². The number of aryl methyl sites for hydroxylation is 1. The highest BCUT2D eigenvalue weighted by Gasteiger charge is 2.14. The lowest BCUT2D eigenvalue weighted by atomic mass is 10.1. The van der Waals surface area contributed by atoms with Gasteiger partial charge in [-0.2, -0.15) is 4.98 Å². The van der Waals surface area contributed by atoms with Gasteiger partial charge in [-0.15, -0.1) is 0 Å². The third-order valence-corrected chi connectivity index (χ3v) is 5.76. The molecule has 0 aliphatic carbocycles. The minimum absolute atomic E-state index is 0.491. The van der Waals surface area contributed by atoms with Gasteiger partial charge in [0, 0.05) is 82.1 Å². The number of ether oxygens (including phenoxy) is 3. The summed E-state index contributed by atoms with van der Waals surface area (Å²) in [7, 11) is 3.97. The van der Waals surface area contributed by atoms with Crippen LogP contribution in [0, 0.1) is 12.3 Å². The molecule has 2 aliphatic rings. The van der Waals surface area contributed by atoms with E-state index >= 15 is 0 Å². The highest BCUT2D eigenvalue weighted by molar-refractivity contribution is 5.86. The molecule has 2 fully saturated rings. The SMILES string of the molecule is Cc1ccc(N(C)C)c(C=N)c1.Nc1cc(N2CCOCC2)cc(OCCN2CCOCC2)n1. The maximum absolute atomic E-state index is 7.22. The van der Waals surface area contributed by atoms with E-state index in [1.165, 1.54) is 11.8 Å². The average molecular weight is 471 g/mol. The van der Waals surface area contributed by atoms with Crippen LogP contribution in [0.15, 0.2) is 30.3 Å². The fourth-order valence-corrected chi connectivity index (χ4v) is 3.89. The van der Waals surface area contributed by atoms with Gasteiger partial charge >= 0.3 is 0 Å². The van der Waals surface area contributed by atoms with E-state index in [0.717, 1.165) is 76.1 Å². The lowest BCUT2D eigenvalue weighted by molar-refractivity contribution is 0.0320. The molecule has 0 bridgehead atoms. The first-order valence-corrected chi connectivity index (χ1v) is 11.8. The second-order valence-corrected chi connectivity index (χ2v) is 8.59. The molecule has 9 nitrogen and oxygen atoms in total. The van der Waals surface area contributed by atoms with Crippen molar-refractivity contribution in [3.8, 4) is 5.88 Å². The summed E-state index contributed by atoms with van der Waals surface area (Å²) in [6.07, 6.45) is 1.39. The fraction of sp³-hybridized carbons (Fsp3) is 0.520. The Kier molecular flexibility index (Phi) is 9.93. The number of nitrogens with two attached hydrogens (primary N) is 1. The van der Waals surface area contributed by atoms with E-state index in [2.05, 4.69) is 20.9 Å². The Hall–Kier alpha value is -2.88. The minimum atomic E-state index is 0.491. The first-order chi connectivity index (χ1) is 16.5. The van der Waals surface area contributed by atoms with Gasteiger partial charge in [0.2, 0.25) is 5.88 Å². The zero-order valence-corrected chi connectivity index (χ0v) is 20.6. The predicted octanol–water partition coefficient (Wildman–Crippen LogP) is 2.27. The zero-order valence-electron chi connectivity index (χ0n) is 20.6. The van der Waals surface area contributed by atoms with Gasteiger partial charge in [-0.3, -0.25) is 4.90 Å². The second kappa shape index (κ2) is 13.1. The van der Waals surface area contributed by atoms with Crippen molar-refractivity contribution >= 4 is 23.4 Å². The summed E-state index contributed by atoms with van der Waals surface area (Å²) in [6.45, 7) is 10.3. The van der Waals surface area contributed by atoms with Gasteiger partial charge in [-0.1, -0.05) is 11.6 Å². The van der Waals surface area contributed by atoms with Gasteiger partial charge in [0.05, 0.1) is 26.4 Å². The number of nitrogens with one attached hydrogen (secondary N) is 1. The van der Waals surface area contributed by atoms with Crippen molar-refractivity contribution in [2.24, 2.45) is 0 Å². The van der Waals surface area contributed by atoms with Crippen molar-refractivity contribution in [3.05, 3.63) is 41.5 Å². The normalized spacial score (nSPS) is 16.4. The first kappa shape index (κ1) is 25.7. The molecule has 2 aromatic rings. The summed E-state index contributed by atoms with van der Waals surface area (Å²) < 4.78 is 16.5. The molecule has 0 amide bonds. The van der Waals surface area contributed by atoms with Crippen molar-refractivity contribution < 1.29 is 14.2 Å². The molecule has 2 aliphatic heterocycles. The number of rotatable bonds is 7. The molecule has 1 aromatic heterocycles. The highest BCUT2D eigenvalue weighted by atomic mass is 16.5. The largest absolute Gasteiger partial charge is 0.476 e. The smallest absolute Gasteiger partial charge is 0.217 e. The van der Waals surface area contributed by atoms with Crippen LogP contribution < -0.4 is 20.3 Å². The third-order valence-electron chi connectivity index (χ3n) is 5.76.